The molecule has 146 valence electrons. The number of benzene rings is 1. The van der Waals surface area contributed by atoms with Crippen LogP contribution >= 0.6 is 0 Å². The lowest BCUT2D eigenvalue weighted by atomic mass is 10.1. The molecule has 0 radical (unpaired) electrons. The quantitative estimate of drug-likeness (QED) is 0.581. The molecule has 0 saturated carbocycles. The number of anilines is 1. The van der Waals surface area contributed by atoms with E-state index in [4.69, 9.17) is 5.10 Å². The van der Waals surface area contributed by atoms with E-state index in [9.17, 15) is 8.78 Å². The van der Waals surface area contributed by atoms with Crippen molar-refractivity contribution in [3.8, 4) is 22.5 Å². The summed E-state index contributed by atoms with van der Waals surface area (Å²) in [5.41, 5.74) is 2.93. The van der Waals surface area contributed by atoms with Crippen molar-refractivity contribution in [3.63, 3.8) is 0 Å². The highest BCUT2D eigenvalue weighted by Crippen LogP contribution is 2.33. The molecule has 1 saturated heterocycles. The summed E-state index contributed by atoms with van der Waals surface area (Å²) in [6.07, 6.45) is 3.34. The maximum atomic E-state index is 13.9. The molecule has 0 spiro atoms. The predicted molar refractivity (Wildman–Crippen MR) is 107 cm³/mol. The minimum Gasteiger partial charge on any atom is -0.353 e. The van der Waals surface area contributed by atoms with Gasteiger partial charge in [-0.25, -0.2) is 18.3 Å². The average Bonchev–Trinajstić information content (AvgIpc) is 3.13. The van der Waals surface area contributed by atoms with E-state index in [1.165, 1.54) is 12.1 Å². The van der Waals surface area contributed by atoms with Gasteiger partial charge in [-0.2, -0.15) is 0 Å². The van der Waals surface area contributed by atoms with Crippen LogP contribution in [0.3, 0.4) is 0 Å². The van der Waals surface area contributed by atoms with Crippen molar-refractivity contribution in [2.75, 3.05) is 31.1 Å². The smallest absolute Gasteiger partial charge is 0.155 e. The molecule has 5 rings (SSSR count). The Morgan fingerprint density at radius 2 is 1.59 bits per heavy atom. The molecule has 1 fully saturated rings. The summed E-state index contributed by atoms with van der Waals surface area (Å²) in [7, 11) is 0. The third kappa shape index (κ3) is 3.31. The van der Waals surface area contributed by atoms with Crippen LogP contribution in [-0.2, 0) is 0 Å². The number of pyridine rings is 1. The fourth-order valence-electron chi connectivity index (χ4n) is 3.65. The van der Waals surface area contributed by atoms with Gasteiger partial charge >= 0.3 is 0 Å². The van der Waals surface area contributed by atoms with Crippen LogP contribution in [0.5, 0.6) is 0 Å². The summed E-state index contributed by atoms with van der Waals surface area (Å²) in [6, 6.07) is 10.9. The first-order valence-corrected chi connectivity index (χ1v) is 9.41. The minimum absolute atomic E-state index is 0.364. The predicted octanol–water partition coefficient (Wildman–Crippen LogP) is 3.15. The summed E-state index contributed by atoms with van der Waals surface area (Å²) in [5.74, 6) is -0.455. The lowest BCUT2D eigenvalue weighted by Gasteiger charge is -2.28. The molecule has 3 aromatic heterocycles. The van der Waals surface area contributed by atoms with Gasteiger partial charge in [0.15, 0.2) is 5.65 Å². The average molecular weight is 392 g/mol. The highest BCUT2D eigenvalue weighted by Gasteiger charge is 2.20. The number of rotatable bonds is 3. The second kappa shape index (κ2) is 7.21. The van der Waals surface area contributed by atoms with E-state index in [0.717, 1.165) is 43.6 Å². The highest BCUT2D eigenvalue weighted by atomic mass is 19.1. The third-order valence-electron chi connectivity index (χ3n) is 4.99. The molecule has 4 aromatic rings. The van der Waals surface area contributed by atoms with Crippen molar-refractivity contribution >= 4 is 11.5 Å². The van der Waals surface area contributed by atoms with E-state index in [1.807, 2.05) is 24.3 Å². The van der Waals surface area contributed by atoms with Crippen molar-refractivity contribution in [2.24, 2.45) is 0 Å². The van der Waals surface area contributed by atoms with Gasteiger partial charge in [0.2, 0.25) is 0 Å². The molecule has 0 unspecified atom stereocenters. The Bertz CT molecular complexity index is 1150. The molecule has 29 heavy (non-hydrogen) atoms. The third-order valence-corrected chi connectivity index (χ3v) is 4.99. The van der Waals surface area contributed by atoms with E-state index in [0.29, 0.717) is 22.6 Å². The van der Waals surface area contributed by atoms with Crippen LogP contribution in [0.2, 0.25) is 0 Å². The molecule has 4 heterocycles. The zero-order valence-corrected chi connectivity index (χ0v) is 15.5. The maximum Gasteiger partial charge on any atom is 0.155 e. The summed E-state index contributed by atoms with van der Waals surface area (Å²) in [5, 5.41) is 8.14. The van der Waals surface area contributed by atoms with Crippen LogP contribution in [-0.4, -0.2) is 45.8 Å². The van der Waals surface area contributed by atoms with Gasteiger partial charge in [-0.1, -0.05) is 0 Å². The van der Waals surface area contributed by atoms with E-state index in [2.05, 4.69) is 20.2 Å². The number of piperazine rings is 1. The number of hydrogen-bond acceptors (Lipinski definition) is 5. The topological polar surface area (TPSA) is 58.4 Å². The number of fused-ring (bicyclic) bond motifs is 1. The molecule has 1 aliphatic rings. The zero-order valence-electron chi connectivity index (χ0n) is 15.5. The Hall–Kier alpha value is -3.39. The van der Waals surface area contributed by atoms with Gasteiger partial charge in [0.05, 0.1) is 5.69 Å². The Kier molecular flexibility index (Phi) is 4.40. The highest BCUT2D eigenvalue weighted by molar-refractivity contribution is 5.81. The molecule has 6 nitrogen and oxygen atoms in total. The first kappa shape index (κ1) is 17.7. The normalized spacial score (nSPS) is 14.5. The Balaban J connectivity index is 1.74. The van der Waals surface area contributed by atoms with Crippen molar-refractivity contribution < 1.29 is 8.78 Å². The number of halogens is 2. The standard InChI is InChI=1S/C21H18F2N6/c22-16-11-15(12-17(23)13-16)20-21(14-3-5-24-6-4-14)29-18(26-20)1-2-19(27-29)28-9-7-25-8-10-28/h1-6,11-13,25H,7-10H2. The van der Waals surface area contributed by atoms with E-state index >= 15 is 0 Å². The Morgan fingerprint density at radius 3 is 2.31 bits per heavy atom. The maximum absolute atomic E-state index is 13.9. The van der Waals surface area contributed by atoms with Crippen molar-refractivity contribution in [1.82, 2.24) is 24.9 Å². The molecule has 0 atom stereocenters. The monoisotopic (exact) mass is 392 g/mol. The summed E-state index contributed by atoms with van der Waals surface area (Å²) >= 11 is 0. The number of nitrogens with zero attached hydrogens (tertiary/aromatic N) is 5. The summed E-state index contributed by atoms with van der Waals surface area (Å²) in [6.45, 7) is 3.52. The molecule has 1 aliphatic heterocycles. The van der Waals surface area contributed by atoms with Gasteiger partial charge in [0, 0.05) is 55.8 Å². The summed E-state index contributed by atoms with van der Waals surface area (Å²) in [4.78, 5) is 10.9. The number of aromatic nitrogens is 4. The largest absolute Gasteiger partial charge is 0.353 e. The van der Waals surface area contributed by atoms with Gasteiger partial charge in [0.1, 0.15) is 23.1 Å². The van der Waals surface area contributed by atoms with E-state index in [1.54, 1.807) is 16.9 Å². The van der Waals surface area contributed by atoms with Crippen LogP contribution in [0.15, 0.2) is 54.9 Å². The van der Waals surface area contributed by atoms with Crippen molar-refractivity contribution in [2.45, 2.75) is 0 Å². The zero-order chi connectivity index (χ0) is 19.8. The molecular weight excluding hydrogens is 374 g/mol. The number of imidazole rings is 1. The SMILES string of the molecule is Fc1cc(F)cc(-c2nc3ccc(N4CCNCC4)nn3c2-c2ccncc2)c1. The van der Waals surface area contributed by atoms with E-state index < -0.39 is 11.6 Å². The molecule has 0 amide bonds. The minimum atomic E-state index is -0.646. The van der Waals surface area contributed by atoms with Gasteiger partial charge in [-0.05, 0) is 36.4 Å². The molecule has 1 aromatic carbocycles. The van der Waals surface area contributed by atoms with Crippen LogP contribution in [0.4, 0.5) is 14.6 Å². The molecule has 0 aliphatic carbocycles. The Morgan fingerprint density at radius 1 is 0.862 bits per heavy atom. The van der Waals surface area contributed by atoms with Crippen molar-refractivity contribution in [1.29, 1.82) is 0 Å². The lowest BCUT2D eigenvalue weighted by molar-refractivity contribution is 0.582. The Labute approximate surface area is 165 Å². The van der Waals surface area contributed by atoms with Crippen LogP contribution in [0.25, 0.3) is 28.2 Å². The summed E-state index contributed by atoms with van der Waals surface area (Å²) < 4.78 is 29.5. The first-order valence-electron chi connectivity index (χ1n) is 9.41. The second-order valence-electron chi connectivity index (χ2n) is 6.90. The molecule has 0 bridgehead atoms. The van der Waals surface area contributed by atoms with Gasteiger partial charge < -0.3 is 10.2 Å². The lowest BCUT2D eigenvalue weighted by Crippen LogP contribution is -2.44. The van der Waals surface area contributed by atoms with E-state index in [-0.39, 0.29) is 0 Å². The fraction of sp³-hybridized carbons (Fsp3) is 0.190. The van der Waals surface area contributed by atoms with Gasteiger partial charge in [-0.15, -0.1) is 5.10 Å². The van der Waals surface area contributed by atoms with Crippen LogP contribution in [0, 0.1) is 11.6 Å². The number of nitrogens with one attached hydrogen (secondary N) is 1. The van der Waals surface area contributed by atoms with Crippen LogP contribution in [0.1, 0.15) is 0 Å². The molecule has 1 N–H and O–H groups in total. The van der Waals surface area contributed by atoms with Gasteiger partial charge in [-0.3, -0.25) is 4.98 Å². The molecule has 8 heteroatoms. The van der Waals surface area contributed by atoms with Crippen molar-refractivity contribution in [3.05, 3.63) is 66.5 Å². The molecular formula is C21H18F2N6. The van der Waals surface area contributed by atoms with Crippen LogP contribution < -0.4 is 10.2 Å². The van der Waals surface area contributed by atoms with Gasteiger partial charge in [0.25, 0.3) is 0 Å². The fourth-order valence-corrected chi connectivity index (χ4v) is 3.65. The first-order chi connectivity index (χ1) is 14.2. The second-order valence-corrected chi connectivity index (χ2v) is 6.90. The number of hydrogen-bond donors (Lipinski definition) is 1.